The summed E-state index contributed by atoms with van der Waals surface area (Å²) >= 11 is 0. The number of rotatable bonds is 9. The van der Waals surface area contributed by atoms with Crippen LogP contribution in [0.5, 0.6) is 5.88 Å². The maximum absolute atomic E-state index is 12.7. The van der Waals surface area contributed by atoms with Crippen molar-refractivity contribution in [3.8, 4) is 5.88 Å². The summed E-state index contributed by atoms with van der Waals surface area (Å²) in [7, 11) is 2.92. The third-order valence-corrected chi connectivity index (χ3v) is 5.82. The lowest BCUT2D eigenvalue weighted by Gasteiger charge is -2.35. The first-order valence-electron chi connectivity index (χ1n) is 12.0. The minimum absolute atomic E-state index is 0.253. The summed E-state index contributed by atoms with van der Waals surface area (Å²) in [5, 5.41) is 9.00. The molecule has 12 heteroatoms. The molecule has 0 unspecified atom stereocenters. The molecule has 12 nitrogen and oxygen atoms in total. The zero-order valence-corrected chi connectivity index (χ0v) is 21.3. The van der Waals surface area contributed by atoms with E-state index in [1.165, 1.54) is 20.4 Å². The Morgan fingerprint density at radius 3 is 2.47 bits per heavy atom. The van der Waals surface area contributed by atoms with Crippen molar-refractivity contribution in [1.29, 1.82) is 0 Å². The zero-order valence-electron chi connectivity index (χ0n) is 21.3. The van der Waals surface area contributed by atoms with Crippen LogP contribution in [0.1, 0.15) is 10.4 Å². The molecule has 4 rings (SSSR count). The van der Waals surface area contributed by atoms with Gasteiger partial charge in [0.25, 0.3) is 5.91 Å². The first kappa shape index (κ1) is 26.2. The molecular weight excluding hydrogens is 488 g/mol. The van der Waals surface area contributed by atoms with E-state index in [1.807, 2.05) is 24.3 Å². The number of amides is 2. The largest absolute Gasteiger partial charge is 0.481 e. The number of carbonyl (C=O) groups excluding carboxylic acids is 2. The van der Waals surface area contributed by atoms with Gasteiger partial charge in [-0.3, -0.25) is 4.79 Å². The van der Waals surface area contributed by atoms with Gasteiger partial charge in [-0.1, -0.05) is 12.1 Å². The van der Waals surface area contributed by atoms with Crippen molar-refractivity contribution in [2.24, 2.45) is 0 Å². The van der Waals surface area contributed by atoms with Gasteiger partial charge in [-0.15, -0.1) is 6.58 Å². The Hall–Kier alpha value is -4.87. The quantitative estimate of drug-likeness (QED) is 0.363. The molecular formula is C26H30N8O4. The Morgan fingerprint density at radius 2 is 1.79 bits per heavy atom. The molecule has 3 N–H and O–H groups in total. The fourth-order valence-electron chi connectivity index (χ4n) is 3.84. The van der Waals surface area contributed by atoms with Crippen LogP contribution >= 0.6 is 0 Å². The molecule has 2 aromatic heterocycles. The number of nitrogens with zero attached hydrogens (tertiary/aromatic N) is 5. The number of nitrogens with one attached hydrogen (secondary N) is 3. The molecule has 3 aromatic rings. The Morgan fingerprint density at radius 1 is 1.03 bits per heavy atom. The maximum atomic E-state index is 12.7. The molecule has 1 aromatic carbocycles. The van der Waals surface area contributed by atoms with Gasteiger partial charge in [-0.05, 0) is 30.3 Å². The Labute approximate surface area is 220 Å². The van der Waals surface area contributed by atoms with Gasteiger partial charge in [0.15, 0.2) is 0 Å². The van der Waals surface area contributed by atoms with Crippen LogP contribution in [-0.2, 0) is 4.74 Å². The molecule has 1 saturated heterocycles. The molecule has 0 radical (unpaired) electrons. The molecule has 1 aliphatic heterocycles. The first-order valence-corrected chi connectivity index (χ1v) is 12.0. The van der Waals surface area contributed by atoms with Crippen LogP contribution in [0.3, 0.4) is 0 Å². The molecule has 0 bridgehead atoms. The van der Waals surface area contributed by atoms with E-state index >= 15 is 0 Å². The monoisotopic (exact) mass is 518 g/mol. The number of aromatic nitrogens is 3. The number of carbonyl (C=O) groups is 2. The van der Waals surface area contributed by atoms with Crippen molar-refractivity contribution in [1.82, 2.24) is 25.2 Å². The fraction of sp³-hybridized carbons (Fsp3) is 0.269. The number of pyridine rings is 1. The molecule has 0 spiro atoms. The van der Waals surface area contributed by atoms with Crippen molar-refractivity contribution in [3.05, 3.63) is 66.9 Å². The van der Waals surface area contributed by atoms with E-state index in [0.717, 1.165) is 11.4 Å². The highest BCUT2D eigenvalue weighted by Crippen LogP contribution is 2.24. The van der Waals surface area contributed by atoms with Gasteiger partial charge in [0.1, 0.15) is 17.2 Å². The summed E-state index contributed by atoms with van der Waals surface area (Å²) in [6, 6.07) is 13.1. The number of hydrogen-bond acceptors (Lipinski definition) is 10. The highest BCUT2D eigenvalue weighted by Gasteiger charge is 2.21. The van der Waals surface area contributed by atoms with Gasteiger partial charge in [0.05, 0.1) is 14.2 Å². The van der Waals surface area contributed by atoms with E-state index in [-0.39, 0.29) is 23.4 Å². The Kier molecular flexibility index (Phi) is 8.54. The van der Waals surface area contributed by atoms with Gasteiger partial charge >= 0.3 is 6.09 Å². The van der Waals surface area contributed by atoms with Gasteiger partial charge in [0, 0.05) is 56.4 Å². The van der Waals surface area contributed by atoms with E-state index in [4.69, 9.17) is 9.47 Å². The molecule has 1 aliphatic rings. The lowest BCUT2D eigenvalue weighted by molar-refractivity contribution is 0.0958. The molecule has 1 fully saturated rings. The van der Waals surface area contributed by atoms with E-state index in [1.54, 1.807) is 29.2 Å². The highest BCUT2D eigenvalue weighted by molar-refractivity contribution is 5.99. The van der Waals surface area contributed by atoms with Crippen molar-refractivity contribution in [2.45, 2.75) is 0 Å². The molecule has 38 heavy (non-hydrogen) atoms. The van der Waals surface area contributed by atoms with Gasteiger partial charge in [-0.2, -0.15) is 9.97 Å². The smallest absolute Gasteiger partial charge is 0.409 e. The van der Waals surface area contributed by atoms with Crippen LogP contribution in [0.2, 0.25) is 0 Å². The van der Waals surface area contributed by atoms with Crippen LogP contribution in [0.25, 0.3) is 0 Å². The normalized spacial score (nSPS) is 12.9. The molecule has 2 amide bonds. The maximum Gasteiger partial charge on any atom is 0.409 e. The first-order chi connectivity index (χ1) is 18.5. The Bertz CT molecular complexity index is 1280. The fourth-order valence-corrected chi connectivity index (χ4v) is 3.84. The van der Waals surface area contributed by atoms with Crippen LogP contribution < -0.4 is 25.6 Å². The lowest BCUT2D eigenvalue weighted by atomic mass is 10.2. The number of anilines is 5. The van der Waals surface area contributed by atoms with Gasteiger partial charge in [0.2, 0.25) is 11.8 Å². The third kappa shape index (κ3) is 6.46. The van der Waals surface area contributed by atoms with Gasteiger partial charge in [-0.25, -0.2) is 9.78 Å². The second kappa shape index (κ2) is 12.4. The van der Waals surface area contributed by atoms with E-state index < -0.39 is 0 Å². The number of methoxy groups -OCH3 is 2. The number of ether oxygens (including phenoxy) is 2. The van der Waals surface area contributed by atoms with Crippen LogP contribution in [-0.4, -0.2) is 78.8 Å². The molecule has 3 heterocycles. The van der Waals surface area contributed by atoms with E-state index in [9.17, 15) is 9.59 Å². The second-order valence-electron chi connectivity index (χ2n) is 8.26. The van der Waals surface area contributed by atoms with E-state index in [0.29, 0.717) is 50.4 Å². The minimum atomic E-state index is -0.349. The van der Waals surface area contributed by atoms with Crippen LogP contribution in [0, 0.1) is 0 Å². The second-order valence-corrected chi connectivity index (χ2v) is 8.26. The zero-order chi connectivity index (χ0) is 26.9. The van der Waals surface area contributed by atoms with Crippen molar-refractivity contribution in [3.63, 3.8) is 0 Å². The number of hydrogen-bond donors (Lipinski definition) is 3. The summed E-state index contributed by atoms with van der Waals surface area (Å²) < 4.78 is 9.99. The third-order valence-electron chi connectivity index (χ3n) is 5.82. The highest BCUT2D eigenvalue weighted by atomic mass is 16.5. The molecule has 0 atom stereocenters. The number of piperazine rings is 1. The molecule has 0 aliphatic carbocycles. The summed E-state index contributed by atoms with van der Waals surface area (Å²) in [6.07, 6.45) is 2.74. The molecule has 198 valence electrons. The number of benzene rings is 1. The van der Waals surface area contributed by atoms with Crippen LogP contribution in [0.15, 0.2) is 61.3 Å². The topological polar surface area (TPSA) is 134 Å². The predicted molar refractivity (Wildman–Crippen MR) is 145 cm³/mol. The summed E-state index contributed by atoms with van der Waals surface area (Å²) in [4.78, 5) is 41.5. The van der Waals surface area contributed by atoms with Crippen molar-refractivity contribution < 1.29 is 19.1 Å². The Balaban J connectivity index is 1.49. The standard InChI is InChI=1S/C26H30N8O4/c1-4-12-27-24(35)20-17-28-25(32-23(20)31-21-6-5-7-22(30-21)37-2)29-18-8-10-19(11-9-18)33-13-15-34(16-14-33)26(36)38-3/h4-11,17H,1,12-16H2,2-3H3,(H,27,35)(H2,28,29,30,31,32). The average molecular weight is 519 g/mol. The minimum Gasteiger partial charge on any atom is -0.481 e. The van der Waals surface area contributed by atoms with Crippen molar-refractivity contribution in [2.75, 3.05) is 62.5 Å². The van der Waals surface area contributed by atoms with Gasteiger partial charge < -0.3 is 35.2 Å². The summed E-state index contributed by atoms with van der Waals surface area (Å²) in [5.41, 5.74) is 2.07. The van der Waals surface area contributed by atoms with E-state index in [2.05, 4.69) is 42.4 Å². The summed E-state index contributed by atoms with van der Waals surface area (Å²) in [6.45, 7) is 6.57. The predicted octanol–water partition coefficient (Wildman–Crippen LogP) is 3.17. The molecule has 0 saturated carbocycles. The summed E-state index contributed by atoms with van der Waals surface area (Å²) in [5.74, 6) is 1.12. The van der Waals surface area contributed by atoms with Crippen LogP contribution in [0.4, 0.5) is 33.8 Å². The van der Waals surface area contributed by atoms with Crippen molar-refractivity contribution >= 4 is 41.0 Å². The SMILES string of the molecule is C=CCNC(=O)c1cnc(Nc2ccc(N3CCN(C(=O)OC)CC3)cc2)nc1Nc1cccc(OC)n1. The lowest BCUT2D eigenvalue weighted by Crippen LogP contribution is -2.48. The average Bonchev–Trinajstić information content (AvgIpc) is 2.96.